The van der Waals surface area contributed by atoms with Crippen molar-refractivity contribution in [3.8, 4) is 0 Å². The van der Waals surface area contributed by atoms with Gasteiger partial charge in [-0.15, -0.1) is 0 Å². The molecule has 0 radical (unpaired) electrons. The van der Waals surface area contributed by atoms with Crippen molar-refractivity contribution in [1.29, 1.82) is 0 Å². The molecule has 0 spiro atoms. The molecular weight excluding hydrogens is 256 g/mol. The van der Waals surface area contributed by atoms with Crippen LogP contribution >= 0.6 is 0 Å². The lowest BCUT2D eigenvalue weighted by Crippen LogP contribution is -2.32. The van der Waals surface area contributed by atoms with Crippen LogP contribution < -0.4 is 5.32 Å². The van der Waals surface area contributed by atoms with Crippen molar-refractivity contribution in [2.45, 2.75) is 44.7 Å². The predicted octanol–water partition coefficient (Wildman–Crippen LogP) is 3.59. The minimum Gasteiger partial charge on any atom is -0.313 e. The van der Waals surface area contributed by atoms with Crippen molar-refractivity contribution in [3.63, 3.8) is 0 Å². The molecule has 2 fully saturated rings. The van der Waals surface area contributed by atoms with E-state index in [1.54, 1.807) is 5.56 Å². The lowest BCUT2D eigenvalue weighted by atomic mass is 9.87. The van der Waals surface area contributed by atoms with Gasteiger partial charge in [0, 0.05) is 19.1 Å². The van der Waals surface area contributed by atoms with Gasteiger partial charge in [-0.25, -0.2) is 0 Å². The molecule has 1 heterocycles. The Morgan fingerprint density at radius 1 is 1.14 bits per heavy atom. The van der Waals surface area contributed by atoms with Gasteiger partial charge in [0.15, 0.2) is 0 Å². The van der Waals surface area contributed by atoms with Crippen LogP contribution in [0, 0.1) is 17.8 Å². The van der Waals surface area contributed by atoms with Gasteiger partial charge in [0.05, 0.1) is 0 Å². The van der Waals surface area contributed by atoms with E-state index in [-0.39, 0.29) is 0 Å². The number of rotatable bonds is 3. The summed E-state index contributed by atoms with van der Waals surface area (Å²) >= 11 is 0. The first-order valence-electron chi connectivity index (χ1n) is 8.80. The Labute approximate surface area is 128 Å². The number of hydrogen-bond donors (Lipinski definition) is 1. The van der Waals surface area contributed by atoms with Gasteiger partial charge in [0.2, 0.25) is 0 Å². The summed E-state index contributed by atoms with van der Waals surface area (Å²) in [6.45, 7) is 3.48. The zero-order valence-electron chi connectivity index (χ0n) is 13.2. The van der Waals surface area contributed by atoms with E-state index in [1.165, 1.54) is 44.2 Å². The van der Waals surface area contributed by atoms with Crippen LogP contribution in [-0.4, -0.2) is 25.0 Å². The van der Waals surface area contributed by atoms with Crippen LogP contribution in [0.5, 0.6) is 0 Å². The molecule has 4 rings (SSSR count). The molecule has 4 unspecified atom stereocenters. The summed E-state index contributed by atoms with van der Waals surface area (Å²) in [5.74, 6) is 3.07. The molecule has 2 nitrogen and oxygen atoms in total. The molecular formula is C19H28N2. The van der Waals surface area contributed by atoms with Crippen LogP contribution in [0.2, 0.25) is 0 Å². The second-order valence-electron chi connectivity index (χ2n) is 7.55. The topological polar surface area (TPSA) is 15.3 Å². The molecule has 2 bridgehead atoms. The molecule has 2 aliphatic carbocycles. The minimum atomic E-state index is 0.607. The number of hydrogen-bond acceptors (Lipinski definition) is 2. The predicted molar refractivity (Wildman–Crippen MR) is 87.1 cm³/mol. The Hall–Kier alpha value is -0.860. The first kappa shape index (κ1) is 13.8. The average molecular weight is 284 g/mol. The maximum Gasteiger partial charge on any atom is 0.0360 e. The number of fused-ring (bicyclic) bond motifs is 3. The molecule has 1 aromatic rings. The fourth-order valence-corrected chi connectivity index (χ4v) is 5.19. The van der Waals surface area contributed by atoms with E-state index in [4.69, 9.17) is 0 Å². The van der Waals surface area contributed by atoms with Crippen LogP contribution in [0.1, 0.15) is 49.3 Å². The lowest BCUT2D eigenvalue weighted by Gasteiger charge is -2.33. The minimum absolute atomic E-state index is 0.607. The average Bonchev–Trinajstić information content (AvgIpc) is 3.04. The fourth-order valence-electron chi connectivity index (χ4n) is 5.19. The third-order valence-electron chi connectivity index (χ3n) is 6.26. The zero-order valence-corrected chi connectivity index (χ0v) is 13.2. The maximum absolute atomic E-state index is 3.58. The SMILES string of the molecule is CN(CC1CC2CCC1C2)C1CCNCc2ccccc21. The third-order valence-corrected chi connectivity index (χ3v) is 6.26. The molecule has 3 aliphatic rings. The molecule has 21 heavy (non-hydrogen) atoms. The first-order valence-corrected chi connectivity index (χ1v) is 8.80. The molecule has 4 atom stereocenters. The van der Waals surface area contributed by atoms with E-state index in [9.17, 15) is 0 Å². The van der Waals surface area contributed by atoms with Gasteiger partial charge in [-0.05, 0) is 68.2 Å². The molecule has 1 aromatic carbocycles. The van der Waals surface area contributed by atoms with Crippen LogP contribution in [0.25, 0.3) is 0 Å². The van der Waals surface area contributed by atoms with Crippen LogP contribution in [-0.2, 0) is 6.54 Å². The molecule has 0 saturated heterocycles. The van der Waals surface area contributed by atoms with Crippen molar-refractivity contribution in [3.05, 3.63) is 35.4 Å². The van der Waals surface area contributed by atoms with Gasteiger partial charge < -0.3 is 5.32 Å². The summed E-state index contributed by atoms with van der Waals surface area (Å²) in [7, 11) is 2.36. The maximum atomic E-state index is 3.58. The van der Waals surface area contributed by atoms with Crippen LogP contribution in [0.4, 0.5) is 0 Å². The normalized spacial score (nSPS) is 35.0. The summed E-state index contributed by atoms with van der Waals surface area (Å²) < 4.78 is 0. The van der Waals surface area contributed by atoms with E-state index in [0.717, 1.165) is 30.8 Å². The van der Waals surface area contributed by atoms with Gasteiger partial charge in [-0.2, -0.15) is 0 Å². The van der Waals surface area contributed by atoms with Gasteiger partial charge in [0.1, 0.15) is 0 Å². The third kappa shape index (κ3) is 2.64. The van der Waals surface area contributed by atoms with Gasteiger partial charge in [-0.3, -0.25) is 4.90 Å². The van der Waals surface area contributed by atoms with E-state index >= 15 is 0 Å². The zero-order chi connectivity index (χ0) is 14.2. The Kier molecular flexibility index (Phi) is 3.76. The van der Waals surface area contributed by atoms with Crippen molar-refractivity contribution in [2.75, 3.05) is 20.1 Å². The van der Waals surface area contributed by atoms with Crippen molar-refractivity contribution in [1.82, 2.24) is 10.2 Å². The van der Waals surface area contributed by atoms with E-state index in [1.807, 2.05) is 0 Å². The standard InChI is InChI=1S/C19H28N2/c1-21(13-17-11-14-6-7-15(17)10-14)19-8-9-20-12-16-4-2-3-5-18(16)19/h2-5,14-15,17,19-20H,6-13H2,1H3. The lowest BCUT2D eigenvalue weighted by molar-refractivity contribution is 0.167. The van der Waals surface area contributed by atoms with E-state index in [2.05, 4.69) is 41.5 Å². The molecule has 1 aliphatic heterocycles. The van der Waals surface area contributed by atoms with Gasteiger partial charge in [-0.1, -0.05) is 30.7 Å². The Morgan fingerprint density at radius 2 is 2.05 bits per heavy atom. The quantitative estimate of drug-likeness (QED) is 0.912. The smallest absolute Gasteiger partial charge is 0.0360 e. The summed E-state index contributed by atoms with van der Waals surface area (Å²) in [4.78, 5) is 2.66. The monoisotopic (exact) mass is 284 g/mol. The largest absolute Gasteiger partial charge is 0.313 e. The van der Waals surface area contributed by atoms with Crippen molar-refractivity contribution < 1.29 is 0 Å². The Bertz CT molecular complexity index is 498. The highest BCUT2D eigenvalue weighted by Gasteiger charge is 2.40. The summed E-state index contributed by atoms with van der Waals surface area (Å²) in [6.07, 6.45) is 7.30. The number of nitrogens with zero attached hydrogens (tertiary/aromatic N) is 1. The summed E-state index contributed by atoms with van der Waals surface area (Å²) in [5.41, 5.74) is 3.06. The molecule has 2 heteroatoms. The molecule has 0 aromatic heterocycles. The first-order chi connectivity index (χ1) is 10.3. The second-order valence-corrected chi connectivity index (χ2v) is 7.55. The molecule has 114 valence electrons. The van der Waals surface area contributed by atoms with Gasteiger partial charge >= 0.3 is 0 Å². The van der Waals surface area contributed by atoms with Crippen molar-refractivity contribution in [2.24, 2.45) is 17.8 Å². The second kappa shape index (κ2) is 5.73. The van der Waals surface area contributed by atoms with Crippen LogP contribution in [0.15, 0.2) is 24.3 Å². The van der Waals surface area contributed by atoms with Crippen LogP contribution in [0.3, 0.4) is 0 Å². The highest BCUT2D eigenvalue weighted by atomic mass is 15.1. The Morgan fingerprint density at radius 3 is 2.86 bits per heavy atom. The Balaban J connectivity index is 1.50. The highest BCUT2D eigenvalue weighted by Crippen LogP contribution is 2.49. The van der Waals surface area contributed by atoms with Gasteiger partial charge in [0.25, 0.3) is 0 Å². The fraction of sp³-hybridized carbons (Fsp3) is 0.684. The molecule has 1 N–H and O–H groups in total. The summed E-state index contributed by atoms with van der Waals surface area (Å²) in [6, 6.07) is 9.65. The molecule has 2 saturated carbocycles. The van der Waals surface area contributed by atoms with E-state index < -0.39 is 0 Å². The summed E-state index contributed by atoms with van der Waals surface area (Å²) in [5, 5.41) is 3.58. The van der Waals surface area contributed by atoms with Crippen molar-refractivity contribution >= 4 is 0 Å². The highest BCUT2D eigenvalue weighted by molar-refractivity contribution is 5.31. The van der Waals surface area contributed by atoms with E-state index in [0.29, 0.717) is 6.04 Å². The number of benzene rings is 1. The molecule has 0 amide bonds. The number of nitrogens with one attached hydrogen (secondary N) is 1.